The van der Waals surface area contributed by atoms with Crippen LogP contribution in [0.25, 0.3) is 20.4 Å². The second-order valence-corrected chi connectivity index (χ2v) is 11.8. The summed E-state index contributed by atoms with van der Waals surface area (Å²) in [5, 5.41) is 20.6. The lowest BCUT2D eigenvalue weighted by Gasteiger charge is -2.08. The van der Waals surface area contributed by atoms with Gasteiger partial charge in [0.25, 0.3) is 0 Å². The Bertz CT molecular complexity index is 2160. The lowest BCUT2D eigenvalue weighted by atomic mass is 10.1. The molecule has 0 aliphatic rings. The van der Waals surface area contributed by atoms with Crippen molar-refractivity contribution in [3.05, 3.63) is 119 Å². The largest absolute Gasteiger partial charge is 0.497 e. The predicted molar refractivity (Wildman–Crippen MR) is 178 cm³/mol. The molecule has 0 spiro atoms. The Morgan fingerprint density at radius 3 is 1.55 bits per heavy atom. The fourth-order valence-electron chi connectivity index (χ4n) is 4.45. The number of para-hydroxylation sites is 2. The van der Waals surface area contributed by atoms with Crippen LogP contribution < -0.4 is 14.2 Å². The van der Waals surface area contributed by atoms with E-state index in [1.165, 1.54) is 29.8 Å². The molecule has 2 atom stereocenters. The molecule has 0 amide bonds. The molecule has 0 bridgehead atoms. The molecule has 4 heterocycles. The van der Waals surface area contributed by atoms with Gasteiger partial charge in [0.05, 0.1) is 58.2 Å². The van der Waals surface area contributed by atoms with Crippen LogP contribution in [0.4, 0.5) is 0 Å². The number of nitrogens with zero attached hydrogens (tertiary/aromatic N) is 8. The molecule has 7 aromatic rings. The average Bonchev–Trinajstić information content (AvgIpc) is 3.74. The van der Waals surface area contributed by atoms with E-state index in [0.717, 1.165) is 31.2 Å². The average molecular weight is 657 g/mol. The Balaban J connectivity index is 0.000000172. The van der Waals surface area contributed by atoms with Crippen molar-refractivity contribution in [2.75, 3.05) is 14.2 Å². The number of methoxy groups -OCH3 is 2. The normalized spacial score (nSPS) is 11.8. The number of benzene rings is 3. The highest BCUT2D eigenvalue weighted by molar-refractivity contribution is 7.19. The third-order valence-corrected chi connectivity index (χ3v) is 8.93. The molecule has 7 rings (SSSR count). The molecule has 47 heavy (non-hydrogen) atoms. The fourth-order valence-corrected chi connectivity index (χ4v) is 6.50. The van der Waals surface area contributed by atoms with Crippen LogP contribution in [0.2, 0.25) is 0 Å². The van der Waals surface area contributed by atoms with E-state index in [9.17, 15) is 10.5 Å². The zero-order chi connectivity index (χ0) is 32.6. The minimum atomic E-state index is -0.580. The molecule has 0 saturated carbocycles. The first-order chi connectivity index (χ1) is 23.1. The number of thiazole rings is 2. The van der Waals surface area contributed by atoms with Gasteiger partial charge in [-0.15, -0.1) is 22.7 Å². The van der Waals surface area contributed by atoms with Gasteiger partial charge in [-0.25, -0.2) is 19.9 Å². The Labute approximate surface area is 277 Å². The first-order valence-electron chi connectivity index (χ1n) is 14.1. The molecule has 11 nitrogen and oxygen atoms in total. The minimum Gasteiger partial charge on any atom is -0.497 e. The second-order valence-electron chi connectivity index (χ2n) is 9.67. The molecule has 230 valence electrons. The summed E-state index contributed by atoms with van der Waals surface area (Å²) in [4.78, 5) is 25.8. The van der Waals surface area contributed by atoms with Gasteiger partial charge in [0.2, 0.25) is 0 Å². The quantitative estimate of drug-likeness (QED) is 0.162. The van der Waals surface area contributed by atoms with E-state index in [1.807, 2.05) is 48.5 Å². The van der Waals surface area contributed by atoms with Crippen LogP contribution in [0.15, 0.2) is 97.3 Å². The predicted octanol–water partition coefficient (Wildman–Crippen LogP) is 7.29. The highest BCUT2D eigenvalue weighted by atomic mass is 32.1. The summed E-state index contributed by atoms with van der Waals surface area (Å²) < 4.78 is 17.9. The summed E-state index contributed by atoms with van der Waals surface area (Å²) in [5.41, 5.74) is 2.92. The maximum absolute atomic E-state index is 9.70. The monoisotopic (exact) mass is 656 g/mol. The van der Waals surface area contributed by atoms with Gasteiger partial charge in [-0.2, -0.15) is 20.5 Å². The van der Waals surface area contributed by atoms with Gasteiger partial charge in [0.1, 0.15) is 33.4 Å². The van der Waals surface area contributed by atoms with Crippen molar-refractivity contribution in [1.29, 1.82) is 10.5 Å². The van der Waals surface area contributed by atoms with Crippen molar-refractivity contribution in [2.45, 2.75) is 11.8 Å². The number of aromatic nitrogens is 6. The van der Waals surface area contributed by atoms with Crippen LogP contribution in [0.1, 0.15) is 33.2 Å². The van der Waals surface area contributed by atoms with Gasteiger partial charge >= 0.3 is 12.0 Å². The van der Waals surface area contributed by atoms with E-state index in [4.69, 9.17) is 14.2 Å². The smallest absolute Gasteiger partial charge is 0.322 e. The topological polar surface area (TPSA) is 153 Å². The maximum atomic E-state index is 9.70. The lowest BCUT2D eigenvalue weighted by molar-refractivity contribution is 0.378. The Kier molecular flexibility index (Phi) is 9.48. The summed E-state index contributed by atoms with van der Waals surface area (Å²) in [5.74, 6) is 0.228. The van der Waals surface area contributed by atoms with Gasteiger partial charge < -0.3 is 14.2 Å². The van der Waals surface area contributed by atoms with Crippen molar-refractivity contribution in [2.24, 2.45) is 0 Å². The molecule has 4 aromatic heterocycles. The van der Waals surface area contributed by atoms with E-state index < -0.39 is 11.8 Å². The SMILES string of the molecule is COc1ccc(Oc2nccc(C(C#N)c3nc4ccccc4s3)n2)cc1.COc1nccc(C(C#N)c2nc3ccccc3s2)n1. The van der Waals surface area contributed by atoms with Crippen LogP contribution >= 0.6 is 22.7 Å². The first-order valence-corrected chi connectivity index (χ1v) is 15.7. The maximum Gasteiger partial charge on any atom is 0.322 e. The van der Waals surface area contributed by atoms with E-state index in [2.05, 4.69) is 42.0 Å². The van der Waals surface area contributed by atoms with Crippen molar-refractivity contribution in [3.63, 3.8) is 0 Å². The lowest BCUT2D eigenvalue weighted by Crippen LogP contribution is -2.03. The zero-order valence-electron chi connectivity index (χ0n) is 25.0. The Morgan fingerprint density at radius 1 is 0.574 bits per heavy atom. The highest BCUT2D eigenvalue weighted by Gasteiger charge is 2.21. The van der Waals surface area contributed by atoms with Gasteiger partial charge in [-0.05, 0) is 60.7 Å². The molecule has 13 heteroatoms. The minimum absolute atomic E-state index is 0.180. The number of fused-ring (bicyclic) bond motifs is 2. The standard InChI is InChI=1S/C20H14N4O2S.C14H10N4OS/c1-25-13-6-8-14(9-7-13)26-20-22-11-10-16(24-20)15(12-21)19-23-17-4-2-3-5-18(17)27-19;1-19-14-16-7-6-10(18-14)9(8-15)13-17-11-4-2-3-5-12(11)20-13/h2-11,15H,1H3;2-7,9H,1H3. The molecule has 0 N–H and O–H groups in total. The Hall–Kier alpha value is -6.02. The fraction of sp³-hybridized carbons (Fsp3) is 0.118. The van der Waals surface area contributed by atoms with Crippen LogP contribution in [-0.2, 0) is 0 Å². The first kappa shape index (κ1) is 31.0. The molecule has 0 radical (unpaired) electrons. The zero-order valence-corrected chi connectivity index (χ0v) is 26.6. The van der Waals surface area contributed by atoms with Crippen LogP contribution in [0, 0.1) is 22.7 Å². The van der Waals surface area contributed by atoms with Crippen LogP contribution in [0.3, 0.4) is 0 Å². The second kappa shape index (κ2) is 14.4. The number of hydrogen-bond acceptors (Lipinski definition) is 13. The van der Waals surface area contributed by atoms with Gasteiger partial charge in [-0.3, -0.25) is 0 Å². The van der Waals surface area contributed by atoms with Crippen molar-refractivity contribution < 1.29 is 14.2 Å². The van der Waals surface area contributed by atoms with Gasteiger partial charge in [-0.1, -0.05) is 24.3 Å². The summed E-state index contributed by atoms with van der Waals surface area (Å²) in [6.07, 6.45) is 3.16. The summed E-state index contributed by atoms with van der Waals surface area (Å²) >= 11 is 2.99. The number of nitriles is 2. The molecule has 0 aliphatic heterocycles. The van der Waals surface area contributed by atoms with E-state index >= 15 is 0 Å². The van der Waals surface area contributed by atoms with Crippen LogP contribution in [-0.4, -0.2) is 44.1 Å². The van der Waals surface area contributed by atoms with E-state index in [1.54, 1.807) is 55.9 Å². The number of hydrogen-bond donors (Lipinski definition) is 0. The molecule has 0 saturated heterocycles. The third-order valence-electron chi connectivity index (χ3n) is 6.73. The van der Waals surface area contributed by atoms with Crippen molar-refractivity contribution in [1.82, 2.24) is 29.9 Å². The van der Waals surface area contributed by atoms with Crippen molar-refractivity contribution in [3.8, 4) is 35.7 Å². The van der Waals surface area contributed by atoms with Crippen molar-refractivity contribution >= 4 is 43.1 Å². The Morgan fingerprint density at radius 2 is 1.06 bits per heavy atom. The molecular weight excluding hydrogens is 633 g/mol. The van der Waals surface area contributed by atoms with Crippen LogP contribution in [0.5, 0.6) is 23.5 Å². The summed E-state index contributed by atoms with van der Waals surface area (Å²) in [7, 11) is 3.10. The van der Waals surface area contributed by atoms with Gasteiger partial charge in [0, 0.05) is 12.4 Å². The molecule has 0 fully saturated rings. The van der Waals surface area contributed by atoms with E-state index in [-0.39, 0.29) is 12.0 Å². The number of ether oxygens (including phenoxy) is 3. The highest BCUT2D eigenvalue weighted by Crippen LogP contribution is 2.32. The van der Waals surface area contributed by atoms with E-state index in [0.29, 0.717) is 22.1 Å². The third kappa shape index (κ3) is 7.12. The summed E-state index contributed by atoms with van der Waals surface area (Å²) in [6.45, 7) is 0. The molecule has 0 aliphatic carbocycles. The number of rotatable bonds is 8. The van der Waals surface area contributed by atoms with Gasteiger partial charge in [0.15, 0.2) is 0 Å². The molecule has 3 aromatic carbocycles. The summed E-state index contributed by atoms with van der Waals surface area (Å²) in [6, 6.07) is 31.1. The molecule has 2 unspecified atom stereocenters. The molecular formula is C34H24N8O3S2.